The molecule has 0 aliphatic rings. The van der Waals surface area contributed by atoms with Crippen molar-refractivity contribution in [2.45, 2.75) is 21.6 Å². The summed E-state index contributed by atoms with van der Waals surface area (Å²) in [5.41, 5.74) is 4.03. The van der Waals surface area contributed by atoms with Gasteiger partial charge in [-0.1, -0.05) is 77.8 Å². The van der Waals surface area contributed by atoms with Crippen LogP contribution in [0.25, 0.3) is 33.1 Å². The average Bonchev–Trinajstić information content (AvgIpc) is 0.806. The molecule has 9 aromatic carbocycles. The van der Waals surface area contributed by atoms with Crippen molar-refractivity contribution >= 4 is 121 Å². The van der Waals surface area contributed by atoms with Gasteiger partial charge >= 0.3 is 0 Å². The first kappa shape index (κ1) is 68.8. The van der Waals surface area contributed by atoms with Gasteiger partial charge in [0.05, 0.1) is 54.9 Å². The first-order valence-electron chi connectivity index (χ1n) is 28.4. The summed E-state index contributed by atoms with van der Waals surface area (Å²) in [7, 11) is -8.89. The van der Waals surface area contributed by atoms with Gasteiger partial charge in [0.25, 0.3) is 35.4 Å². The van der Waals surface area contributed by atoms with Gasteiger partial charge in [-0.3, -0.25) is 14.4 Å². The SMILES string of the molecule is COc1cc(Cl)ccc1Oc1nc2ccccc2nc1C(=O)Nc1cccc(S(C)(=O)=O)c1.CS(=O)(=O)c1cccc(NC(=O)c2nc3ccccc3nc2Oc2ccc(F)cc2F)c1.Cc1cc(Cl)ccc1Oc1nc2ccccc2nc1C(=O)Nc1cccc(S(C)(=O)=O)c1. The number of para-hydroxylation sites is 6. The smallest absolute Gasteiger partial charge is 0.279 e. The molecule has 0 spiro atoms. The molecule has 3 N–H and O–H groups in total. The number of carbonyl (C=O) groups excluding carboxylic acids is 3. The zero-order valence-corrected chi connectivity index (χ0v) is 55.2. The molecule has 3 aromatic heterocycles. The van der Waals surface area contributed by atoms with Crippen LogP contribution in [0.2, 0.25) is 10.0 Å². The molecule has 0 unspecified atom stereocenters. The van der Waals surface area contributed by atoms with Gasteiger partial charge in [-0.15, -0.1) is 0 Å². The highest BCUT2D eigenvalue weighted by Crippen LogP contribution is 2.36. The van der Waals surface area contributed by atoms with Crippen molar-refractivity contribution in [3.63, 3.8) is 0 Å². The number of nitrogens with one attached hydrogen (secondary N) is 3. The number of aryl methyl sites for hydroxylation is 1. The Balaban J connectivity index is 0.000000158. The maximum Gasteiger partial charge on any atom is 0.279 e. The standard InChI is InChI=1S/C23H18ClN3O5S.C23H18ClN3O4S.C22H15F2N3O4S/c1-31-20-12-14(24)10-11-19(20)32-23-21(26-17-8-3-4-9-18(17)27-23)22(28)25-15-6-5-7-16(13-15)33(2,29)30;1-14-12-15(24)10-11-20(14)31-23-21(26-18-8-3-4-9-19(18)27-23)22(28)25-16-6-5-7-17(13-16)32(2,29)30;1-32(29,30)15-6-4-5-14(12-15)25-21(28)20-22(27-18-8-3-2-7-17(18)26-20)31-19-10-9-13(23)11-16(19)24/h3-13H,1-2H3,(H,25,28);3-13H,1-2H3,(H,25,28);2-12H,1H3,(H,25,28). The zero-order chi connectivity index (χ0) is 69.3. The van der Waals surface area contributed by atoms with Crippen molar-refractivity contribution in [2.75, 3.05) is 41.8 Å². The molecule has 3 heterocycles. The number of nitrogens with zero attached hydrogens (tertiary/aromatic N) is 6. The molecule has 0 saturated carbocycles. The van der Waals surface area contributed by atoms with Crippen LogP contribution in [0, 0.1) is 18.6 Å². The van der Waals surface area contributed by atoms with E-state index in [-0.39, 0.29) is 66.5 Å². The third-order valence-electron chi connectivity index (χ3n) is 13.6. The Morgan fingerprint density at radius 2 is 0.711 bits per heavy atom. The second-order valence-electron chi connectivity index (χ2n) is 20.9. The number of ether oxygens (including phenoxy) is 4. The van der Waals surface area contributed by atoms with Crippen molar-refractivity contribution in [1.29, 1.82) is 0 Å². The number of anilines is 3. The van der Waals surface area contributed by atoms with Crippen LogP contribution in [-0.4, -0.2) is 98.8 Å². The van der Waals surface area contributed by atoms with E-state index in [1.54, 1.807) is 121 Å². The van der Waals surface area contributed by atoms with E-state index in [4.69, 9.17) is 42.1 Å². The fourth-order valence-electron chi connectivity index (χ4n) is 8.92. The Bertz CT molecular complexity index is 5230. The molecule has 97 heavy (non-hydrogen) atoms. The molecule has 29 heteroatoms. The Hall–Kier alpha value is -11.1. The minimum absolute atomic E-state index is 0.0183. The third kappa shape index (κ3) is 17.4. The molecular formula is C68H51Cl2F2N9O13S3. The lowest BCUT2D eigenvalue weighted by Crippen LogP contribution is -2.16. The predicted molar refractivity (Wildman–Crippen MR) is 362 cm³/mol. The Morgan fingerprint density at radius 1 is 0.381 bits per heavy atom. The highest BCUT2D eigenvalue weighted by molar-refractivity contribution is 7.91. The van der Waals surface area contributed by atoms with Gasteiger partial charge in [-0.05, 0) is 146 Å². The van der Waals surface area contributed by atoms with E-state index in [2.05, 4.69) is 45.9 Å². The average molecular weight is 1410 g/mol. The van der Waals surface area contributed by atoms with Crippen molar-refractivity contribution < 1.29 is 67.4 Å². The number of hydrogen-bond acceptors (Lipinski definition) is 19. The van der Waals surface area contributed by atoms with Crippen molar-refractivity contribution in [3.8, 4) is 40.6 Å². The number of sulfone groups is 3. The maximum atomic E-state index is 14.1. The first-order chi connectivity index (χ1) is 46.1. The summed E-state index contributed by atoms with van der Waals surface area (Å²) in [4.78, 5) is 65.7. The number of benzene rings is 9. The van der Waals surface area contributed by atoms with Crippen LogP contribution in [0.1, 0.15) is 37.0 Å². The Kier molecular flexibility index (Phi) is 20.7. The lowest BCUT2D eigenvalue weighted by atomic mass is 10.2. The van der Waals surface area contributed by atoms with Crippen molar-refractivity contribution in [3.05, 3.63) is 245 Å². The predicted octanol–water partition coefficient (Wildman–Crippen LogP) is 14.1. The van der Waals surface area contributed by atoms with Gasteiger partial charge in [0, 0.05) is 58.0 Å². The molecule has 0 fully saturated rings. The summed E-state index contributed by atoms with van der Waals surface area (Å²) >= 11 is 12.0. The van der Waals surface area contributed by atoms with E-state index in [1.165, 1.54) is 61.7 Å². The van der Waals surface area contributed by atoms with Crippen LogP contribution < -0.4 is 34.9 Å². The number of hydrogen-bond donors (Lipinski definition) is 3. The molecule has 22 nitrogen and oxygen atoms in total. The van der Waals surface area contributed by atoms with Gasteiger partial charge < -0.3 is 34.9 Å². The summed E-state index contributed by atoms with van der Waals surface area (Å²) in [6.45, 7) is 1.83. The molecule has 0 saturated heterocycles. The lowest BCUT2D eigenvalue weighted by Gasteiger charge is -2.13. The summed E-state index contributed by atoms with van der Waals surface area (Å²) in [5, 5.41) is 8.89. The Labute approximate surface area is 563 Å². The molecule has 0 bridgehead atoms. The van der Waals surface area contributed by atoms with E-state index in [1.807, 2.05) is 13.0 Å². The number of halogens is 4. The molecule has 0 aliphatic heterocycles. The lowest BCUT2D eigenvalue weighted by molar-refractivity contribution is 0.101. The van der Waals surface area contributed by atoms with E-state index < -0.39 is 58.9 Å². The molecule has 0 atom stereocenters. The van der Waals surface area contributed by atoms with Gasteiger partial charge in [-0.25, -0.2) is 63.9 Å². The van der Waals surface area contributed by atoms with Crippen LogP contribution in [0.15, 0.2) is 215 Å². The topological polar surface area (TPSA) is 304 Å². The Morgan fingerprint density at radius 3 is 1.06 bits per heavy atom. The minimum atomic E-state index is -3.49. The van der Waals surface area contributed by atoms with E-state index in [0.29, 0.717) is 72.1 Å². The van der Waals surface area contributed by atoms with Gasteiger partial charge in [0.2, 0.25) is 0 Å². The van der Waals surface area contributed by atoms with Crippen LogP contribution in [0.5, 0.6) is 40.6 Å². The quantitative estimate of drug-likeness (QED) is 0.0809. The normalized spacial score (nSPS) is 11.3. The van der Waals surface area contributed by atoms with Crippen molar-refractivity contribution in [2.24, 2.45) is 0 Å². The van der Waals surface area contributed by atoms with Gasteiger partial charge in [-0.2, -0.15) is 0 Å². The molecule has 0 radical (unpaired) electrons. The molecule has 3 amide bonds. The van der Waals surface area contributed by atoms with Crippen LogP contribution >= 0.6 is 23.2 Å². The highest BCUT2D eigenvalue weighted by atomic mass is 35.5. The van der Waals surface area contributed by atoms with Crippen molar-refractivity contribution in [1.82, 2.24) is 29.9 Å². The highest BCUT2D eigenvalue weighted by Gasteiger charge is 2.25. The molecular weight excluding hydrogens is 1360 g/mol. The fraction of sp³-hybridized carbons (Fsp3) is 0.0735. The summed E-state index contributed by atoms with van der Waals surface area (Å²) in [5.74, 6) is -3.29. The number of rotatable bonds is 16. The number of fused-ring (bicyclic) bond motifs is 3. The summed E-state index contributed by atoms with van der Waals surface area (Å²) < 4.78 is 121. The second-order valence-corrected chi connectivity index (χ2v) is 27.9. The second kappa shape index (κ2) is 29.3. The maximum absolute atomic E-state index is 14.1. The molecule has 492 valence electrons. The van der Waals surface area contributed by atoms with E-state index in [9.17, 15) is 48.4 Å². The largest absolute Gasteiger partial charge is 0.493 e. The molecule has 12 rings (SSSR count). The summed E-state index contributed by atoms with van der Waals surface area (Å²) in [6, 6.07) is 50.9. The van der Waals surface area contributed by atoms with E-state index >= 15 is 0 Å². The molecule has 0 aliphatic carbocycles. The summed E-state index contributed by atoms with van der Waals surface area (Å²) in [6.07, 6.45) is 3.24. The monoisotopic (exact) mass is 1410 g/mol. The van der Waals surface area contributed by atoms with Crippen LogP contribution in [0.3, 0.4) is 0 Å². The number of amides is 3. The first-order valence-corrected chi connectivity index (χ1v) is 34.8. The van der Waals surface area contributed by atoms with E-state index in [0.717, 1.165) is 36.5 Å². The number of methoxy groups -OCH3 is 1. The fourth-order valence-corrected chi connectivity index (χ4v) is 11.3. The van der Waals surface area contributed by atoms with Crippen LogP contribution in [0.4, 0.5) is 25.8 Å². The van der Waals surface area contributed by atoms with Gasteiger partial charge in [0.15, 0.2) is 69.7 Å². The third-order valence-corrected chi connectivity index (χ3v) is 17.4. The van der Waals surface area contributed by atoms with Crippen LogP contribution in [-0.2, 0) is 29.5 Å². The number of carbonyl (C=O) groups is 3. The zero-order valence-electron chi connectivity index (χ0n) is 51.3. The number of aromatic nitrogens is 6. The molecule has 12 aromatic rings. The minimum Gasteiger partial charge on any atom is -0.493 e. The van der Waals surface area contributed by atoms with Gasteiger partial charge in [0.1, 0.15) is 11.6 Å².